The van der Waals surface area contributed by atoms with Crippen LogP contribution in [0.3, 0.4) is 0 Å². The number of carbonyl (C=O) groups is 5. The number of ether oxygens (including phenoxy) is 1. The molecule has 33 heavy (non-hydrogen) atoms. The molecule has 3 atom stereocenters. The predicted molar refractivity (Wildman–Crippen MR) is 119 cm³/mol. The fourth-order valence-electron chi connectivity index (χ4n) is 2.91. The lowest BCUT2D eigenvalue weighted by molar-refractivity contribution is -0.459. The molecule has 12 heteroatoms. The van der Waals surface area contributed by atoms with E-state index in [1.165, 1.54) is 0 Å². The van der Waals surface area contributed by atoms with Crippen molar-refractivity contribution in [3.8, 4) is 0 Å². The molecule has 0 aliphatic carbocycles. The monoisotopic (exact) mass is 472 g/mol. The largest absolute Gasteiger partial charge is 0.481 e. The molecule has 3 unspecified atom stereocenters. The number of aldehydes is 1. The normalized spacial score (nSPS) is 13.3. The zero-order chi connectivity index (χ0) is 25.4. The van der Waals surface area contributed by atoms with Crippen LogP contribution in [-0.2, 0) is 28.7 Å². The van der Waals surface area contributed by atoms with Gasteiger partial charge in [-0.15, -0.1) is 0 Å². The number of rotatable bonds is 17. The maximum atomic E-state index is 12.7. The van der Waals surface area contributed by atoms with Crippen molar-refractivity contribution in [2.45, 2.75) is 83.9 Å². The van der Waals surface area contributed by atoms with E-state index >= 15 is 0 Å². The van der Waals surface area contributed by atoms with Crippen LogP contribution in [0.25, 0.3) is 0 Å². The maximum Gasteiger partial charge on any atom is 0.338 e. The van der Waals surface area contributed by atoms with Crippen LogP contribution < -0.4 is 27.1 Å². The van der Waals surface area contributed by atoms with E-state index in [0.717, 1.165) is 0 Å². The maximum absolute atomic E-state index is 12.7. The summed E-state index contributed by atoms with van der Waals surface area (Å²) in [6, 6.07) is -1.61. The summed E-state index contributed by atoms with van der Waals surface area (Å²) in [7, 11) is 0. The Morgan fingerprint density at radius 1 is 1.12 bits per heavy atom. The van der Waals surface area contributed by atoms with Gasteiger partial charge in [0.2, 0.25) is 11.8 Å². The molecule has 0 heterocycles. The lowest BCUT2D eigenvalue weighted by Crippen LogP contribution is -2.78. The van der Waals surface area contributed by atoms with Crippen molar-refractivity contribution < 1.29 is 38.8 Å². The number of nitrogens with two attached hydrogens (primary N) is 2. The molecule has 0 bridgehead atoms. The lowest BCUT2D eigenvalue weighted by atomic mass is 10.0. The average Bonchev–Trinajstić information content (AvgIpc) is 2.72. The third-order valence-corrected chi connectivity index (χ3v) is 4.58. The minimum absolute atomic E-state index is 0.0670. The first-order chi connectivity index (χ1) is 15.5. The number of guanidine groups is 1. The van der Waals surface area contributed by atoms with Gasteiger partial charge in [0.05, 0.1) is 25.4 Å². The Balaban J connectivity index is 4.76. The molecule has 2 amide bonds. The van der Waals surface area contributed by atoms with E-state index in [0.29, 0.717) is 38.5 Å². The number of amides is 2. The topological polar surface area (TPSA) is 205 Å². The van der Waals surface area contributed by atoms with Crippen LogP contribution in [-0.4, -0.2) is 65.8 Å². The summed E-state index contributed by atoms with van der Waals surface area (Å²) >= 11 is 0. The van der Waals surface area contributed by atoms with Crippen LogP contribution in [0.1, 0.15) is 65.7 Å². The number of carbonyl (C=O) groups excluding carboxylic acids is 4. The summed E-state index contributed by atoms with van der Waals surface area (Å²) in [6.45, 7) is 5.90. The third kappa shape index (κ3) is 15.3. The van der Waals surface area contributed by atoms with Gasteiger partial charge in [-0.2, -0.15) is 0 Å². The number of nitrogens with one attached hydrogen (secondary N) is 3. The second-order valence-corrected chi connectivity index (χ2v) is 8.14. The highest BCUT2D eigenvalue weighted by Gasteiger charge is 2.25. The van der Waals surface area contributed by atoms with Crippen LogP contribution in [0.2, 0.25) is 0 Å². The van der Waals surface area contributed by atoms with E-state index in [2.05, 4.69) is 15.6 Å². The molecular formula is C21H38N5O7+. The van der Waals surface area contributed by atoms with Gasteiger partial charge in [0.1, 0.15) is 18.4 Å². The highest BCUT2D eigenvalue weighted by molar-refractivity contribution is 5.90. The van der Waals surface area contributed by atoms with E-state index < -0.39 is 41.9 Å². The fraction of sp³-hybridized carbons (Fsp3) is 0.714. The lowest BCUT2D eigenvalue weighted by Gasteiger charge is -2.22. The molecule has 0 aliphatic rings. The van der Waals surface area contributed by atoms with Crippen LogP contribution >= 0.6 is 0 Å². The van der Waals surface area contributed by atoms with Crippen molar-refractivity contribution in [1.29, 1.82) is 0 Å². The number of hydrogen-bond donors (Lipinski definition) is 6. The van der Waals surface area contributed by atoms with Crippen LogP contribution in [0.15, 0.2) is 0 Å². The molecule has 0 aliphatic heterocycles. The molecule has 0 saturated carbocycles. The van der Waals surface area contributed by atoms with Crippen molar-refractivity contribution in [2.75, 3.05) is 6.54 Å². The first kappa shape index (κ1) is 29.8. The third-order valence-electron chi connectivity index (χ3n) is 4.58. The van der Waals surface area contributed by atoms with E-state index in [9.17, 15) is 24.0 Å². The Labute approximate surface area is 193 Å². The Morgan fingerprint density at radius 2 is 1.79 bits per heavy atom. The summed E-state index contributed by atoms with van der Waals surface area (Å²) in [4.78, 5) is 61.7. The van der Waals surface area contributed by atoms with Gasteiger partial charge < -0.3 is 25.3 Å². The van der Waals surface area contributed by atoms with Crippen molar-refractivity contribution in [1.82, 2.24) is 10.6 Å². The van der Waals surface area contributed by atoms with Gasteiger partial charge >= 0.3 is 17.9 Å². The molecule has 0 radical (unpaired) electrons. The Bertz CT molecular complexity index is 692. The minimum Gasteiger partial charge on any atom is -0.481 e. The quantitative estimate of drug-likeness (QED) is 0.0450. The van der Waals surface area contributed by atoms with Crippen molar-refractivity contribution in [2.24, 2.45) is 17.4 Å². The van der Waals surface area contributed by atoms with Gasteiger partial charge in [0.15, 0.2) is 0 Å². The number of aliphatic carboxylic acids is 1. The molecule has 0 rings (SSSR count). The molecule has 8 N–H and O–H groups in total. The molecular weight excluding hydrogens is 434 g/mol. The van der Waals surface area contributed by atoms with Crippen LogP contribution in [0.4, 0.5) is 0 Å². The van der Waals surface area contributed by atoms with Gasteiger partial charge in [-0.05, 0) is 31.6 Å². The molecule has 12 nitrogen and oxygen atoms in total. The molecule has 0 aromatic carbocycles. The van der Waals surface area contributed by atoms with Crippen LogP contribution in [0.5, 0.6) is 0 Å². The highest BCUT2D eigenvalue weighted by Crippen LogP contribution is 2.09. The van der Waals surface area contributed by atoms with Crippen molar-refractivity contribution >= 4 is 36.0 Å². The van der Waals surface area contributed by atoms with Gasteiger partial charge in [-0.3, -0.25) is 35.6 Å². The van der Waals surface area contributed by atoms with Crippen molar-refractivity contribution in [3.05, 3.63) is 0 Å². The molecule has 0 spiro atoms. The van der Waals surface area contributed by atoms with E-state index in [4.69, 9.17) is 21.3 Å². The SMILES string of the molecule is CCC(CC(=O)O)OC(=O)CCC(=O)NC(CC(C)C)C(=O)NC(C=O)CCC[NH+]=C(N)N. The number of esters is 1. The number of hydrogen-bond acceptors (Lipinski definition) is 6. The minimum atomic E-state index is -1.08. The summed E-state index contributed by atoms with van der Waals surface area (Å²) in [5, 5.41) is 14.0. The zero-order valence-electron chi connectivity index (χ0n) is 19.6. The molecule has 188 valence electrons. The second-order valence-electron chi connectivity index (χ2n) is 8.14. The Kier molecular flexibility index (Phi) is 14.9. The summed E-state index contributed by atoms with van der Waals surface area (Å²) in [6.07, 6.45) is 0.664. The van der Waals surface area contributed by atoms with Gasteiger partial charge in [-0.1, -0.05) is 20.8 Å². The van der Waals surface area contributed by atoms with Gasteiger partial charge in [0.25, 0.3) is 0 Å². The van der Waals surface area contributed by atoms with E-state index in [1.54, 1.807) is 6.92 Å². The number of carboxylic acid groups (broad SMARTS) is 1. The van der Waals surface area contributed by atoms with Crippen molar-refractivity contribution in [3.63, 3.8) is 0 Å². The predicted octanol–water partition coefficient (Wildman–Crippen LogP) is -2.09. The first-order valence-electron chi connectivity index (χ1n) is 11.1. The van der Waals surface area contributed by atoms with E-state index in [-0.39, 0.29) is 31.1 Å². The molecule has 0 aromatic heterocycles. The highest BCUT2D eigenvalue weighted by atomic mass is 16.5. The van der Waals surface area contributed by atoms with E-state index in [1.807, 2.05) is 13.8 Å². The second kappa shape index (κ2) is 16.5. The first-order valence-corrected chi connectivity index (χ1v) is 11.1. The molecule has 0 saturated heterocycles. The average molecular weight is 473 g/mol. The summed E-state index contributed by atoms with van der Waals surface area (Å²) in [5.74, 6) is -2.65. The van der Waals surface area contributed by atoms with Crippen LogP contribution in [0, 0.1) is 5.92 Å². The Morgan fingerprint density at radius 3 is 2.30 bits per heavy atom. The molecule has 0 aromatic rings. The number of carboxylic acids is 1. The zero-order valence-corrected chi connectivity index (χ0v) is 19.6. The van der Waals surface area contributed by atoms with Gasteiger partial charge in [-0.25, -0.2) is 0 Å². The summed E-state index contributed by atoms with van der Waals surface area (Å²) < 4.78 is 5.07. The molecule has 0 fully saturated rings. The summed E-state index contributed by atoms with van der Waals surface area (Å²) in [5.41, 5.74) is 10.6. The standard InChI is InChI=1S/C21H37N5O7/c1-4-15(11-18(29)30)33-19(31)8-7-17(28)26-16(10-13(2)3)20(32)25-14(12-27)6-5-9-24-21(22)23/h12-16H,4-11H2,1-3H3,(H,25,32)(H,26,28)(H,29,30)(H4,22,23,24)/p+1. The van der Waals surface area contributed by atoms with Gasteiger partial charge in [0, 0.05) is 6.42 Å². The smallest absolute Gasteiger partial charge is 0.338 e. The Hall–Kier alpha value is -3.18. The fourth-order valence-corrected chi connectivity index (χ4v) is 2.91.